The van der Waals surface area contributed by atoms with Crippen LogP contribution in [0.15, 0.2) is 73.1 Å². The van der Waals surface area contributed by atoms with Gasteiger partial charge in [0, 0.05) is 30.0 Å². The molecule has 276 valence electrons. The van der Waals surface area contributed by atoms with Gasteiger partial charge in [-0.2, -0.15) is 4.73 Å². The fraction of sp³-hybridized carbons (Fsp3) is 0.395. The Kier molecular flexibility index (Phi) is 11.9. The standard InChI is InChI=1S/C38H41Cl2N3O8S/c1-41(38(23-44,26-7-5-4-6-8-26)37(46)51-34-22-42-15-13-24(34)14-16-42)19-27-10-12-35(52-27)36(45)50-32(18-28-29(39)20-43(47)21-30(28)40)25-9-11-31(48-2)33(17-25)49-3/h4-12,17,20-21,24,32,34,44H,13-16,18-19,22-23H2,1-3H3/t32-,34-,38?/m0/s1. The van der Waals surface area contributed by atoms with E-state index in [1.807, 2.05) is 30.3 Å². The molecule has 3 fully saturated rings. The topological polar surface area (TPSA) is 125 Å². The summed E-state index contributed by atoms with van der Waals surface area (Å²) in [4.78, 5) is 33.1. The molecule has 3 aliphatic heterocycles. The highest BCUT2D eigenvalue weighted by molar-refractivity contribution is 7.13. The molecule has 52 heavy (non-hydrogen) atoms. The van der Waals surface area contributed by atoms with Crippen LogP contribution in [-0.4, -0.2) is 80.5 Å². The number of carbonyl (C=O) groups is 2. The summed E-state index contributed by atoms with van der Waals surface area (Å²) in [6.07, 6.45) is 3.30. The summed E-state index contributed by atoms with van der Waals surface area (Å²) >= 11 is 14.1. The van der Waals surface area contributed by atoms with Crippen LogP contribution in [0.2, 0.25) is 10.0 Å². The van der Waals surface area contributed by atoms with Gasteiger partial charge < -0.3 is 29.3 Å². The zero-order chi connectivity index (χ0) is 37.0. The van der Waals surface area contributed by atoms with Crippen molar-refractivity contribution in [2.75, 3.05) is 47.5 Å². The van der Waals surface area contributed by atoms with Crippen molar-refractivity contribution < 1.29 is 38.4 Å². The smallest absolute Gasteiger partial charge is 0.348 e. The fourth-order valence-corrected chi connectivity index (χ4v) is 8.63. The number of rotatable bonds is 14. The number of aliphatic hydroxyl groups is 1. The van der Waals surface area contributed by atoms with Gasteiger partial charge in [-0.15, -0.1) is 11.3 Å². The van der Waals surface area contributed by atoms with E-state index in [1.54, 1.807) is 42.3 Å². The predicted octanol–water partition coefficient (Wildman–Crippen LogP) is 5.80. The largest absolute Gasteiger partial charge is 0.619 e. The lowest BCUT2D eigenvalue weighted by molar-refractivity contribution is -0.605. The first-order valence-electron chi connectivity index (χ1n) is 17.0. The first-order valence-corrected chi connectivity index (χ1v) is 18.5. The minimum absolute atomic E-state index is 0.0680. The van der Waals surface area contributed by atoms with Crippen LogP contribution < -0.4 is 14.2 Å². The van der Waals surface area contributed by atoms with E-state index in [2.05, 4.69) is 4.90 Å². The molecule has 5 heterocycles. The molecule has 3 atom stereocenters. The van der Waals surface area contributed by atoms with Gasteiger partial charge >= 0.3 is 11.9 Å². The number of nitrogens with zero attached hydrogens (tertiary/aromatic N) is 3. The Bertz CT molecular complexity index is 1860. The number of fused-ring (bicyclic) bond motifs is 3. The van der Waals surface area contributed by atoms with E-state index >= 15 is 0 Å². The van der Waals surface area contributed by atoms with E-state index in [-0.39, 0.29) is 29.1 Å². The number of hydrogen-bond donors (Lipinski definition) is 1. The normalized spacial score (nSPS) is 19.9. The number of benzene rings is 2. The molecule has 1 N–H and O–H groups in total. The van der Waals surface area contributed by atoms with E-state index in [9.17, 15) is 19.9 Å². The van der Waals surface area contributed by atoms with Gasteiger partial charge in [0.2, 0.25) is 0 Å². The lowest BCUT2D eigenvalue weighted by Gasteiger charge is -2.46. The maximum atomic E-state index is 14.2. The summed E-state index contributed by atoms with van der Waals surface area (Å²) in [6, 6.07) is 17.8. The Labute approximate surface area is 316 Å². The maximum Gasteiger partial charge on any atom is 0.348 e. The number of likely N-dealkylation sites (N-methyl/N-ethyl adjacent to an activating group) is 1. The van der Waals surface area contributed by atoms with Crippen molar-refractivity contribution in [3.63, 3.8) is 0 Å². The van der Waals surface area contributed by atoms with Gasteiger partial charge in [-0.1, -0.05) is 59.6 Å². The van der Waals surface area contributed by atoms with Gasteiger partial charge in [-0.3, -0.25) is 9.80 Å². The van der Waals surface area contributed by atoms with Crippen LogP contribution in [0.25, 0.3) is 0 Å². The predicted molar refractivity (Wildman–Crippen MR) is 197 cm³/mol. The second kappa shape index (κ2) is 16.4. The summed E-state index contributed by atoms with van der Waals surface area (Å²) in [5.41, 5.74) is 0.155. The molecule has 14 heteroatoms. The van der Waals surface area contributed by atoms with Gasteiger partial charge in [-0.05, 0) is 74.3 Å². The molecule has 3 saturated heterocycles. The Morgan fingerprint density at radius 2 is 1.73 bits per heavy atom. The minimum atomic E-state index is -1.48. The molecule has 2 bridgehead atoms. The maximum absolute atomic E-state index is 14.2. The third-order valence-electron chi connectivity index (χ3n) is 10.1. The zero-order valence-electron chi connectivity index (χ0n) is 29.1. The summed E-state index contributed by atoms with van der Waals surface area (Å²) in [6.45, 7) is 2.44. The van der Waals surface area contributed by atoms with Gasteiger partial charge in [0.15, 0.2) is 29.4 Å². The Hall–Kier alpha value is -3.91. The molecule has 7 rings (SSSR count). The third-order valence-corrected chi connectivity index (χ3v) is 11.8. The van der Waals surface area contributed by atoms with Gasteiger partial charge in [0.1, 0.15) is 27.1 Å². The number of carbonyl (C=O) groups excluding carboxylic acids is 2. The minimum Gasteiger partial charge on any atom is -0.619 e. The molecule has 3 aliphatic rings. The number of thiophene rings is 1. The van der Waals surface area contributed by atoms with Gasteiger partial charge in [0.25, 0.3) is 0 Å². The average Bonchev–Trinajstić information content (AvgIpc) is 3.62. The zero-order valence-corrected chi connectivity index (χ0v) is 31.5. The highest BCUT2D eigenvalue weighted by Crippen LogP contribution is 2.38. The number of halogens is 2. The van der Waals surface area contributed by atoms with E-state index in [4.69, 9.17) is 42.1 Å². The molecule has 2 aromatic heterocycles. The Balaban J connectivity index is 1.24. The first kappa shape index (κ1) is 37.8. The fourth-order valence-electron chi connectivity index (χ4n) is 7.08. The number of esters is 2. The van der Waals surface area contributed by atoms with E-state index < -0.39 is 30.2 Å². The number of ether oxygens (including phenoxy) is 4. The number of methoxy groups -OCH3 is 2. The molecule has 1 unspecified atom stereocenters. The van der Waals surface area contributed by atoms with Crippen LogP contribution >= 0.6 is 34.5 Å². The molecule has 0 amide bonds. The van der Waals surface area contributed by atoms with Crippen molar-refractivity contribution in [1.29, 1.82) is 0 Å². The van der Waals surface area contributed by atoms with Crippen molar-refractivity contribution >= 4 is 46.5 Å². The van der Waals surface area contributed by atoms with Crippen molar-refractivity contribution in [2.24, 2.45) is 5.92 Å². The van der Waals surface area contributed by atoms with Crippen LogP contribution in [0.4, 0.5) is 0 Å². The molecule has 11 nitrogen and oxygen atoms in total. The molecule has 0 aliphatic carbocycles. The second-order valence-electron chi connectivity index (χ2n) is 13.1. The second-order valence-corrected chi connectivity index (χ2v) is 15.1. The van der Waals surface area contributed by atoms with Crippen molar-refractivity contribution in [3.8, 4) is 11.5 Å². The first-order chi connectivity index (χ1) is 25.1. The van der Waals surface area contributed by atoms with Crippen LogP contribution in [0, 0.1) is 11.1 Å². The van der Waals surface area contributed by atoms with E-state index in [0.717, 1.165) is 30.8 Å². The third kappa shape index (κ3) is 7.87. The molecule has 0 saturated carbocycles. The van der Waals surface area contributed by atoms with Crippen LogP contribution in [0.3, 0.4) is 0 Å². The number of aliphatic hydroxyl groups excluding tert-OH is 1. The van der Waals surface area contributed by atoms with E-state index in [1.165, 1.54) is 38.0 Å². The highest BCUT2D eigenvalue weighted by Gasteiger charge is 2.48. The Morgan fingerprint density at radius 1 is 1.04 bits per heavy atom. The van der Waals surface area contributed by atoms with Crippen LogP contribution in [0.5, 0.6) is 11.5 Å². The Morgan fingerprint density at radius 3 is 2.35 bits per heavy atom. The SMILES string of the molecule is COc1ccc([C@H](Cc2c(Cl)c[n+]([O-])cc2Cl)OC(=O)c2ccc(CN(C)C(CO)(C(=O)O[C@H]3CN4CCC3CC4)c3ccccc3)s2)cc1OC. The van der Waals surface area contributed by atoms with Crippen LogP contribution in [0.1, 0.15) is 50.2 Å². The number of pyridine rings is 1. The van der Waals surface area contributed by atoms with Crippen molar-refractivity contribution in [1.82, 2.24) is 9.80 Å². The summed E-state index contributed by atoms with van der Waals surface area (Å²) in [5.74, 6) is 0.129. The summed E-state index contributed by atoms with van der Waals surface area (Å²) in [5, 5.41) is 23.2. The molecule has 4 aromatic rings. The van der Waals surface area contributed by atoms with E-state index in [0.29, 0.717) is 50.3 Å². The molecule has 2 aromatic carbocycles. The summed E-state index contributed by atoms with van der Waals surface area (Å²) < 4.78 is 23.7. The molecule has 0 spiro atoms. The van der Waals surface area contributed by atoms with Gasteiger partial charge in [-0.25, -0.2) is 9.59 Å². The molecular formula is C38H41Cl2N3O8S. The number of hydrogen-bond acceptors (Lipinski definition) is 11. The van der Waals surface area contributed by atoms with Crippen molar-refractivity contribution in [2.45, 2.75) is 43.6 Å². The number of piperidine rings is 3. The molecule has 0 radical (unpaired) electrons. The lowest BCUT2D eigenvalue weighted by atomic mass is 9.85. The van der Waals surface area contributed by atoms with Crippen LogP contribution in [-0.2, 0) is 32.8 Å². The average molecular weight is 771 g/mol. The van der Waals surface area contributed by atoms with Gasteiger partial charge in [0.05, 0.1) is 20.8 Å². The number of aromatic nitrogens is 1. The highest BCUT2D eigenvalue weighted by atomic mass is 35.5. The van der Waals surface area contributed by atoms with Crippen molar-refractivity contribution in [3.05, 3.63) is 115 Å². The monoisotopic (exact) mass is 769 g/mol. The quantitative estimate of drug-likeness (QED) is 0.0956. The summed E-state index contributed by atoms with van der Waals surface area (Å²) in [7, 11) is 4.80. The molecular weight excluding hydrogens is 729 g/mol. The lowest BCUT2D eigenvalue weighted by Crippen LogP contribution is -2.57.